The van der Waals surface area contributed by atoms with Crippen LogP contribution in [0, 0.1) is 12.3 Å². The highest BCUT2D eigenvalue weighted by Crippen LogP contribution is 2.24. The van der Waals surface area contributed by atoms with Gasteiger partial charge in [-0.05, 0) is 48.5 Å². The van der Waals surface area contributed by atoms with Crippen LogP contribution in [0.3, 0.4) is 0 Å². The van der Waals surface area contributed by atoms with E-state index in [-0.39, 0.29) is 10.8 Å². The minimum atomic E-state index is -3.72. The number of nitrogens with one attached hydrogen (secondary N) is 2. The number of anilines is 2. The fourth-order valence-corrected chi connectivity index (χ4v) is 3.87. The maximum atomic E-state index is 12.4. The predicted octanol–water partition coefficient (Wildman–Crippen LogP) is 2.95. The lowest BCUT2D eigenvalue weighted by molar-refractivity contribution is -0.114. The van der Waals surface area contributed by atoms with E-state index in [4.69, 9.17) is 6.42 Å². The molecule has 0 bridgehead atoms. The Kier molecular flexibility index (Phi) is 5.21. The lowest BCUT2D eigenvalue weighted by Gasteiger charge is -2.08. The van der Waals surface area contributed by atoms with Gasteiger partial charge in [-0.3, -0.25) is 9.52 Å². The minimum Gasteiger partial charge on any atom is -0.301 e. The number of amides is 1. The molecule has 0 saturated heterocycles. The summed E-state index contributed by atoms with van der Waals surface area (Å²) in [6.07, 6.45) is 5.27. The van der Waals surface area contributed by atoms with Gasteiger partial charge in [-0.25, -0.2) is 8.42 Å². The Morgan fingerprint density at radius 2 is 1.78 bits per heavy atom. The topological polar surface area (TPSA) is 101 Å². The molecule has 7 nitrogen and oxygen atoms in total. The van der Waals surface area contributed by atoms with E-state index in [1.807, 2.05) is 0 Å². The van der Waals surface area contributed by atoms with Crippen LogP contribution in [-0.4, -0.2) is 23.7 Å². The van der Waals surface area contributed by atoms with Crippen LogP contribution >= 0.6 is 11.5 Å². The third-order valence-electron chi connectivity index (χ3n) is 3.44. The predicted molar refractivity (Wildman–Crippen MR) is 105 cm³/mol. The van der Waals surface area contributed by atoms with Crippen LogP contribution in [0.15, 0.2) is 53.4 Å². The SMILES string of the molecule is C#Cc1ccc(S(=O)(=O)Nc2ccc(-c3nsc(NC(C)=O)n3)cc2)cc1. The second-order valence-electron chi connectivity index (χ2n) is 5.46. The van der Waals surface area contributed by atoms with Gasteiger partial charge in [0.1, 0.15) is 0 Å². The molecule has 0 saturated carbocycles. The van der Waals surface area contributed by atoms with E-state index < -0.39 is 10.0 Å². The Bertz CT molecular complexity index is 1110. The van der Waals surface area contributed by atoms with E-state index in [2.05, 4.69) is 25.3 Å². The summed E-state index contributed by atoms with van der Waals surface area (Å²) < 4.78 is 31.5. The van der Waals surface area contributed by atoms with Gasteiger partial charge < -0.3 is 5.32 Å². The largest absolute Gasteiger partial charge is 0.301 e. The molecular formula is C18H14N4O3S2. The van der Waals surface area contributed by atoms with Crippen molar-refractivity contribution in [2.75, 3.05) is 10.0 Å². The number of sulfonamides is 1. The second-order valence-corrected chi connectivity index (χ2v) is 7.89. The molecular weight excluding hydrogens is 384 g/mol. The van der Waals surface area contributed by atoms with E-state index in [0.717, 1.165) is 11.5 Å². The van der Waals surface area contributed by atoms with Gasteiger partial charge in [-0.2, -0.15) is 9.36 Å². The summed E-state index contributed by atoms with van der Waals surface area (Å²) in [5, 5.41) is 2.97. The van der Waals surface area contributed by atoms with E-state index >= 15 is 0 Å². The smallest absolute Gasteiger partial charge is 0.261 e. The Balaban J connectivity index is 1.76. The molecule has 9 heteroatoms. The molecule has 3 aromatic rings. The summed E-state index contributed by atoms with van der Waals surface area (Å²) in [5.74, 6) is 2.66. The third-order valence-corrected chi connectivity index (χ3v) is 5.46. The summed E-state index contributed by atoms with van der Waals surface area (Å²) in [7, 11) is -3.72. The highest BCUT2D eigenvalue weighted by molar-refractivity contribution is 7.92. The van der Waals surface area contributed by atoms with E-state index in [1.165, 1.54) is 19.1 Å². The van der Waals surface area contributed by atoms with Gasteiger partial charge in [0.05, 0.1) is 4.90 Å². The van der Waals surface area contributed by atoms with Crippen LogP contribution < -0.4 is 10.0 Å². The van der Waals surface area contributed by atoms with Crippen molar-refractivity contribution in [3.63, 3.8) is 0 Å². The molecule has 2 aromatic carbocycles. The third kappa shape index (κ3) is 4.49. The first kappa shape index (κ1) is 18.6. The Morgan fingerprint density at radius 1 is 1.11 bits per heavy atom. The van der Waals surface area contributed by atoms with Crippen molar-refractivity contribution in [1.82, 2.24) is 9.36 Å². The molecule has 3 rings (SSSR count). The monoisotopic (exact) mass is 398 g/mol. The lowest BCUT2D eigenvalue weighted by atomic mass is 10.2. The fourth-order valence-electron chi connectivity index (χ4n) is 2.17. The first-order valence-electron chi connectivity index (χ1n) is 7.68. The van der Waals surface area contributed by atoms with Crippen LogP contribution in [-0.2, 0) is 14.8 Å². The zero-order valence-electron chi connectivity index (χ0n) is 14.1. The number of carbonyl (C=O) groups is 1. The number of terminal acetylenes is 1. The second kappa shape index (κ2) is 7.57. The summed E-state index contributed by atoms with van der Waals surface area (Å²) >= 11 is 1.07. The molecule has 136 valence electrons. The summed E-state index contributed by atoms with van der Waals surface area (Å²) in [4.78, 5) is 15.4. The van der Waals surface area contributed by atoms with Crippen LogP contribution in [0.2, 0.25) is 0 Å². The van der Waals surface area contributed by atoms with Crippen molar-refractivity contribution >= 4 is 38.3 Å². The first-order chi connectivity index (χ1) is 12.9. The fraction of sp³-hybridized carbons (Fsp3) is 0.0556. The van der Waals surface area contributed by atoms with Crippen LogP contribution in [0.5, 0.6) is 0 Å². The Labute approximate surface area is 160 Å². The highest BCUT2D eigenvalue weighted by atomic mass is 32.2. The van der Waals surface area contributed by atoms with Gasteiger partial charge in [0.2, 0.25) is 11.0 Å². The van der Waals surface area contributed by atoms with E-state index in [1.54, 1.807) is 36.4 Å². The van der Waals surface area contributed by atoms with Gasteiger partial charge in [0.25, 0.3) is 10.0 Å². The normalized spacial score (nSPS) is 10.8. The number of carbonyl (C=O) groups excluding carboxylic acids is 1. The average molecular weight is 398 g/mol. The van der Waals surface area contributed by atoms with Gasteiger partial charge in [0, 0.05) is 35.3 Å². The standard InChI is InChI=1S/C18H14N4O3S2/c1-3-13-4-10-16(11-5-13)27(24,25)22-15-8-6-14(7-9-15)17-20-18(26-21-17)19-12(2)23/h1,4-11,22H,2H3,(H,19,20,21,23). The zero-order chi connectivity index (χ0) is 19.4. The number of aromatic nitrogens is 2. The van der Waals surface area contributed by atoms with Gasteiger partial charge >= 0.3 is 0 Å². The minimum absolute atomic E-state index is 0.117. The molecule has 0 spiro atoms. The number of rotatable bonds is 5. The molecule has 0 unspecified atom stereocenters. The Morgan fingerprint density at radius 3 is 2.37 bits per heavy atom. The maximum absolute atomic E-state index is 12.4. The van der Waals surface area contributed by atoms with Gasteiger partial charge in [-0.1, -0.05) is 5.92 Å². The van der Waals surface area contributed by atoms with Crippen molar-refractivity contribution in [2.45, 2.75) is 11.8 Å². The van der Waals surface area contributed by atoms with Crippen molar-refractivity contribution in [3.8, 4) is 23.7 Å². The number of benzene rings is 2. The molecule has 0 fully saturated rings. The molecule has 0 aliphatic carbocycles. The Hall–Kier alpha value is -3.22. The molecule has 1 aromatic heterocycles. The number of hydrogen-bond donors (Lipinski definition) is 2. The maximum Gasteiger partial charge on any atom is 0.261 e. The molecule has 1 heterocycles. The number of nitrogens with zero attached hydrogens (tertiary/aromatic N) is 2. The van der Waals surface area contributed by atoms with Crippen molar-refractivity contribution in [1.29, 1.82) is 0 Å². The quantitative estimate of drug-likeness (QED) is 0.644. The van der Waals surface area contributed by atoms with Crippen LogP contribution in [0.1, 0.15) is 12.5 Å². The highest BCUT2D eigenvalue weighted by Gasteiger charge is 2.14. The van der Waals surface area contributed by atoms with Crippen molar-refractivity contribution < 1.29 is 13.2 Å². The van der Waals surface area contributed by atoms with E-state index in [0.29, 0.717) is 27.8 Å². The average Bonchev–Trinajstić information content (AvgIpc) is 3.10. The molecule has 0 atom stereocenters. The van der Waals surface area contributed by atoms with E-state index in [9.17, 15) is 13.2 Å². The molecule has 27 heavy (non-hydrogen) atoms. The number of hydrogen-bond acceptors (Lipinski definition) is 6. The van der Waals surface area contributed by atoms with Crippen LogP contribution in [0.4, 0.5) is 10.8 Å². The van der Waals surface area contributed by atoms with Crippen LogP contribution in [0.25, 0.3) is 11.4 Å². The molecule has 0 radical (unpaired) electrons. The molecule has 0 aliphatic rings. The summed E-state index contributed by atoms with van der Waals surface area (Å²) in [6, 6.07) is 12.7. The van der Waals surface area contributed by atoms with Gasteiger partial charge in [0.15, 0.2) is 5.82 Å². The summed E-state index contributed by atoms with van der Waals surface area (Å²) in [6.45, 7) is 1.39. The molecule has 2 N–H and O–H groups in total. The molecule has 1 amide bonds. The van der Waals surface area contributed by atoms with Gasteiger partial charge in [-0.15, -0.1) is 6.42 Å². The molecule has 0 aliphatic heterocycles. The lowest BCUT2D eigenvalue weighted by Crippen LogP contribution is -2.12. The van der Waals surface area contributed by atoms with Crippen molar-refractivity contribution in [2.24, 2.45) is 0 Å². The van der Waals surface area contributed by atoms with Crippen molar-refractivity contribution in [3.05, 3.63) is 54.1 Å². The zero-order valence-corrected chi connectivity index (χ0v) is 15.8. The summed E-state index contributed by atoms with van der Waals surface area (Å²) in [5.41, 5.74) is 1.70. The first-order valence-corrected chi connectivity index (χ1v) is 9.94.